The van der Waals surface area contributed by atoms with Crippen LogP contribution in [0.25, 0.3) is 0 Å². The topological polar surface area (TPSA) is 37.2 Å². The van der Waals surface area contributed by atoms with E-state index in [9.17, 15) is 4.39 Å². The highest BCUT2D eigenvalue weighted by Crippen LogP contribution is 2.37. The quantitative estimate of drug-likeness (QED) is 0.455. The van der Waals surface area contributed by atoms with E-state index in [4.69, 9.17) is 28.0 Å². The van der Waals surface area contributed by atoms with E-state index in [0.29, 0.717) is 28.4 Å². The van der Waals surface area contributed by atoms with Gasteiger partial charge in [-0.1, -0.05) is 34.4 Å². The van der Waals surface area contributed by atoms with Crippen LogP contribution >= 0.6 is 23.2 Å². The van der Waals surface area contributed by atoms with Gasteiger partial charge < -0.3 is 9.74 Å². The lowest BCUT2D eigenvalue weighted by Gasteiger charge is -2.14. The lowest BCUT2D eigenvalue weighted by molar-refractivity contribution is 0.0853. The standard InChI is InChI=1S/C20H20Cl2FN3O/c1-4-26(3)11-24-19-7-12(2)14(9-16(19)22)20-10-18(25-27-20)13-5-6-15(21)17(23)8-13/h5-9,11,20H,4,10H2,1-3H3. The first-order chi connectivity index (χ1) is 12.9. The average Bonchev–Trinajstić information content (AvgIpc) is 3.13. The van der Waals surface area contributed by atoms with Crippen LogP contribution in [-0.2, 0) is 4.84 Å². The summed E-state index contributed by atoms with van der Waals surface area (Å²) in [6.07, 6.45) is 2.01. The molecule has 0 radical (unpaired) electrons. The first-order valence-electron chi connectivity index (χ1n) is 8.61. The zero-order valence-electron chi connectivity index (χ0n) is 15.3. The molecule has 0 amide bonds. The van der Waals surface area contributed by atoms with Crippen LogP contribution in [0.2, 0.25) is 10.0 Å². The van der Waals surface area contributed by atoms with Gasteiger partial charge in [0.2, 0.25) is 0 Å². The van der Waals surface area contributed by atoms with Crippen LogP contribution in [0.3, 0.4) is 0 Å². The maximum absolute atomic E-state index is 13.7. The van der Waals surface area contributed by atoms with Gasteiger partial charge in [-0.25, -0.2) is 9.38 Å². The van der Waals surface area contributed by atoms with Crippen LogP contribution in [0.5, 0.6) is 0 Å². The zero-order valence-corrected chi connectivity index (χ0v) is 16.9. The molecule has 0 aliphatic carbocycles. The van der Waals surface area contributed by atoms with Crippen molar-refractivity contribution in [3.63, 3.8) is 0 Å². The van der Waals surface area contributed by atoms with Crippen molar-refractivity contribution in [2.45, 2.75) is 26.4 Å². The van der Waals surface area contributed by atoms with Crippen molar-refractivity contribution in [2.75, 3.05) is 13.6 Å². The molecule has 2 aromatic carbocycles. The van der Waals surface area contributed by atoms with Gasteiger partial charge in [0.1, 0.15) is 5.82 Å². The van der Waals surface area contributed by atoms with E-state index in [0.717, 1.165) is 17.7 Å². The monoisotopic (exact) mass is 407 g/mol. The minimum absolute atomic E-state index is 0.0855. The molecule has 4 nitrogen and oxygen atoms in total. The number of nitrogens with zero attached hydrogens (tertiary/aromatic N) is 3. The fourth-order valence-electron chi connectivity index (χ4n) is 2.76. The molecule has 0 spiro atoms. The number of rotatable bonds is 5. The molecule has 1 heterocycles. The second kappa shape index (κ2) is 8.28. The van der Waals surface area contributed by atoms with Gasteiger partial charge in [-0.3, -0.25) is 0 Å². The summed E-state index contributed by atoms with van der Waals surface area (Å²) < 4.78 is 13.7. The Bertz CT molecular complexity index is 914. The average molecular weight is 408 g/mol. The molecule has 1 atom stereocenters. The van der Waals surface area contributed by atoms with Crippen molar-refractivity contribution in [3.05, 3.63) is 62.9 Å². The Morgan fingerprint density at radius 1 is 1.30 bits per heavy atom. The van der Waals surface area contributed by atoms with Crippen molar-refractivity contribution in [1.29, 1.82) is 0 Å². The first-order valence-corrected chi connectivity index (χ1v) is 9.37. The summed E-state index contributed by atoms with van der Waals surface area (Å²) in [6.45, 7) is 4.89. The van der Waals surface area contributed by atoms with Crippen molar-refractivity contribution >= 4 is 40.9 Å². The number of benzene rings is 2. The van der Waals surface area contributed by atoms with Gasteiger partial charge in [0.05, 0.1) is 27.8 Å². The van der Waals surface area contributed by atoms with E-state index in [1.54, 1.807) is 12.4 Å². The summed E-state index contributed by atoms with van der Waals surface area (Å²) in [5.74, 6) is -0.473. The van der Waals surface area contributed by atoms with Gasteiger partial charge in [-0.15, -0.1) is 0 Å². The summed E-state index contributed by atoms with van der Waals surface area (Å²) in [5.41, 5.74) is 3.99. The number of hydrogen-bond donors (Lipinski definition) is 0. The largest absolute Gasteiger partial charge is 0.387 e. The SMILES string of the molecule is CCN(C)C=Nc1cc(C)c(C2CC(c3ccc(Cl)c(F)c3)=NO2)cc1Cl. The van der Waals surface area contributed by atoms with Gasteiger partial charge in [-0.2, -0.15) is 0 Å². The molecule has 0 bridgehead atoms. The third-order valence-corrected chi connectivity index (χ3v) is 5.11. The molecule has 1 aliphatic heterocycles. The highest BCUT2D eigenvalue weighted by atomic mass is 35.5. The maximum Gasteiger partial charge on any atom is 0.158 e. The summed E-state index contributed by atoms with van der Waals surface area (Å²) in [6, 6.07) is 8.42. The molecule has 2 aromatic rings. The molecule has 1 unspecified atom stereocenters. The van der Waals surface area contributed by atoms with E-state index in [2.05, 4.69) is 10.1 Å². The van der Waals surface area contributed by atoms with Crippen molar-refractivity contribution in [3.8, 4) is 0 Å². The molecule has 27 heavy (non-hydrogen) atoms. The summed E-state index contributed by atoms with van der Waals surface area (Å²) in [7, 11) is 1.95. The molecule has 0 fully saturated rings. The van der Waals surface area contributed by atoms with E-state index in [-0.39, 0.29) is 11.1 Å². The summed E-state index contributed by atoms with van der Waals surface area (Å²) in [5, 5.41) is 4.76. The Labute approximate surface area is 168 Å². The van der Waals surface area contributed by atoms with Crippen molar-refractivity contribution in [2.24, 2.45) is 10.1 Å². The minimum atomic E-state index is -0.473. The molecule has 0 aromatic heterocycles. The molecular weight excluding hydrogens is 388 g/mol. The number of oxime groups is 1. The Hall–Kier alpha value is -2.11. The summed E-state index contributed by atoms with van der Waals surface area (Å²) >= 11 is 12.2. The van der Waals surface area contributed by atoms with Crippen LogP contribution in [0.4, 0.5) is 10.1 Å². The van der Waals surface area contributed by atoms with Crippen LogP contribution in [-0.4, -0.2) is 30.5 Å². The highest BCUT2D eigenvalue weighted by molar-refractivity contribution is 6.33. The predicted molar refractivity (Wildman–Crippen MR) is 109 cm³/mol. The van der Waals surface area contributed by atoms with E-state index in [1.807, 2.05) is 37.9 Å². The molecule has 0 saturated carbocycles. The van der Waals surface area contributed by atoms with Gasteiger partial charge in [-0.05, 0) is 49.2 Å². The fourth-order valence-corrected chi connectivity index (χ4v) is 3.10. The van der Waals surface area contributed by atoms with Crippen LogP contribution < -0.4 is 0 Å². The van der Waals surface area contributed by atoms with Crippen LogP contribution in [0.1, 0.15) is 36.1 Å². The normalized spacial score (nSPS) is 16.5. The molecule has 0 saturated heterocycles. The predicted octanol–water partition coefficient (Wildman–Crippen LogP) is 5.92. The highest BCUT2D eigenvalue weighted by Gasteiger charge is 2.26. The lowest BCUT2D eigenvalue weighted by Crippen LogP contribution is -2.14. The fraction of sp³-hybridized carbons (Fsp3) is 0.300. The second-order valence-electron chi connectivity index (χ2n) is 6.44. The van der Waals surface area contributed by atoms with Gasteiger partial charge >= 0.3 is 0 Å². The lowest BCUT2D eigenvalue weighted by atomic mass is 9.97. The van der Waals surface area contributed by atoms with Gasteiger partial charge in [0, 0.05) is 25.6 Å². The molecule has 142 valence electrons. The van der Waals surface area contributed by atoms with Crippen LogP contribution in [0, 0.1) is 12.7 Å². The first kappa shape index (κ1) is 19.6. The van der Waals surface area contributed by atoms with Crippen molar-refractivity contribution in [1.82, 2.24) is 4.90 Å². The Morgan fingerprint density at radius 3 is 2.78 bits per heavy atom. The Kier molecular flexibility index (Phi) is 6.02. The number of aliphatic imine (C=N–C) groups is 1. The maximum atomic E-state index is 13.7. The number of aryl methyl sites for hydroxylation is 1. The Morgan fingerprint density at radius 2 is 2.07 bits per heavy atom. The molecule has 0 N–H and O–H groups in total. The van der Waals surface area contributed by atoms with Gasteiger partial charge in [0.15, 0.2) is 6.10 Å². The van der Waals surface area contributed by atoms with Crippen LogP contribution in [0.15, 0.2) is 40.5 Å². The van der Waals surface area contributed by atoms with E-state index in [1.165, 1.54) is 12.1 Å². The Balaban J connectivity index is 1.79. The number of halogens is 3. The molecule has 7 heteroatoms. The van der Waals surface area contributed by atoms with E-state index < -0.39 is 5.82 Å². The van der Waals surface area contributed by atoms with Crippen molar-refractivity contribution < 1.29 is 9.23 Å². The second-order valence-corrected chi connectivity index (χ2v) is 7.26. The number of hydrogen-bond acceptors (Lipinski definition) is 3. The smallest absolute Gasteiger partial charge is 0.158 e. The van der Waals surface area contributed by atoms with E-state index >= 15 is 0 Å². The summed E-state index contributed by atoms with van der Waals surface area (Å²) in [4.78, 5) is 12.0. The zero-order chi connectivity index (χ0) is 19.6. The molecule has 1 aliphatic rings. The third kappa shape index (κ3) is 4.42. The third-order valence-electron chi connectivity index (χ3n) is 4.50. The van der Waals surface area contributed by atoms with Gasteiger partial charge in [0.25, 0.3) is 0 Å². The minimum Gasteiger partial charge on any atom is -0.387 e. The molecule has 3 rings (SSSR count). The molecular formula is C20H20Cl2FN3O.